The van der Waals surface area contributed by atoms with Gasteiger partial charge < -0.3 is 9.30 Å². The van der Waals surface area contributed by atoms with Crippen molar-refractivity contribution >= 4 is 21.9 Å². The molecule has 162 valence electrons. The highest BCUT2D eigenvalue weighted by Crippen LogP contribution is 2.36. The highest BCUT2D eigenvalue weighted by molar-refractivity contribution is 6.02. The van der Waals surface area contributed by atoms with Crippen LogP contribution in [0.5, 0.6) is 0 Å². The molecule has 4 heterocycles. The molecule has 0 amide bonds. The Morgan fingerprint density at radius 3 is 2.77 bits per heavy atom. The summed E-state index contributed by atoms with van der Waals surface area (Å²) in [6.07, 6.45) is -1.34. The van der Waals surface area contributed by atoms with Crippen molar-refractivity contribution in [1.82, 2.24) is 34.7 Å². The van der Waals surface area contributed by atoms with Gasteiger partial charge in [0, 0.05) is 18.0 Å². The molecule has 1 aliphatic rings. The van der Waals surface area contributed by atoms with Gasteiger partial charge in [-0.2, -0.15) is 18.0 Å². The number of hydrogen-bond donors (Lipinski definition) is 0. The molecule has 1 fully saturated rings. The number of halogens is 3. The second-order valence-corrected chi connectivity index (χ2v) is 7.85. The van der Waals surface area contributed by atoms with Crippen molar-refractivity contribution in [2.24, 2.45) is 0 Å². The zero-order valence-electron chi connectivity index (χ0n) is 17.0. The molecule has 11 heteroatoms. The molecule has 0 spiro atoms. The number of pyridine rings is 1. The summed E-state index contributed by atoms with van der Waals surface area (Å²) in [7, 11) is 0. The molecule has 4 aromatic rings. The Morgan fingerprint density at radius 1 is 1.23 bits per heavy atom. The Balaban J connectivity index is 1.75. The second-order valence-electron chi connectivity index (χ2n) is 7.85. The van der Waals surface area contributed by atoms with E-state index in [2.05, 4.69) is 20.4 Å². The second kappa shape index (κ2) is 7.26. The van der Waals surface area contributed by atoms with E-state index in [1.807, 2.05) is 11.5 Å². The summed E-state index contributed by atoms with van der Waals surface area (Å²) < 4.78 is 48.0. The fraction of sp³-hybridized carbons (Fsp3) is 0.450. The van der Waals surface area contributed by atoms with Crippen LogP contribution in [0.1, 0.15) is 43.0 Å². The lowest BCUT2D eigenvalue weighted by atomic mass is 10.0. The van der Waals surface area contributed by atoms with Crippen LogP contribution in [0.4, 0.5) is 13.2 Å². The van der Waals surface area contributed by atoms with Crippen molar-refractivity contribution in [3.05, 3.63) is 41.6 Å². The molecule has 2 atom stereocenters. The van der Waals surface area contributed by atoms with Gasteiger partial charge in [-0.25, -0.2) is 4.98 Å². The molecule has 3 aromatic heterocycles. The molecule has 8 nitrogen and oxygen atoms in total. The normalized spacial score (nSPS) is 20.0. The summed E-state index contributed by atoms with van der Waals surface area (Å²) in [5.41, 5.74) is 0.959. The summed E-state index contributed by atoms with van der Waals surface area (Å²) in [5, 5.41) is 12.6. The van der Waals surface area contributed by atoms with E-state index in [9.17, 15) is 13.2 Å². The fourth-order valence-electron chi connectivity index (χ4n) is 4.23. The quantitative estimate of drug-likeness (QED) is 0.492. The minimum atomic E-state index is -4.45. The molecular formula is C20H20F3N7O. The minimum Gasteiger partial charge on any atom is -0.378 e. The summed E-state index contributed by atoms with van der Waals surface area (Å²) >= 11 is 0. The van der Waals surface area contributed by atoms with E-state index in [0.29, 0.717) is 40.2 Å². The van der Waals surface area contributed by atoms with E-state index in [1.54, 1.807) is 13.1 Å². The Morgan fingerprint density at radius 2 is 2.06 bits per heavy atom. The van der Waals surface area contributed by atoms with E-state index in [4.69, 9.17) is 9.72 Å². The predicted molar refractivity (Wildman–Crippen MR) is 105 cm³/mol. The van der Waals surface area contributed by atoms with Gasteiger partial charge >= 0.3 is 6.18 Å². The Hall–Kier alpha value is -3.08. The van der Waals surface area contributed by atoms with E-state index in [1.165, 1.54) is 10.9 Å². The van der Waals surface area contributed by atoms with E-state index < -0.39 is 11.7 Å². The van der Waals surface area contributed by atoms with E-state index in [0.717, 1.165) is 25.0 Å². The number of nitrogens with zero attached hydrogens (tertiary/aromatic N) is 7. The fourth-order valence-corrected chi connectivity index (χ4v) is 4.23. The van der Waals surface area contributed by atoms with Crippen LogP contribution in [-0.4, -0.2) is 47.5 Å². The van der Waals surface area contributed by atoms with Crippen molar-refractivity contribution in [3.63, 3.8) is 0 Å². The molecule has 0 N–H and O–H groups in total. The first-order valence-electron chi connectivity index (χ1n) is 10.0. The van der Waals surface area contributed by atoms with Gasteiger partial charge in [0.15, 0.2) is 5.82 Å². The molecule has 0 unspecified atom stereocenters. The Kier molecular flexibility index (Phi) is 4.65. The number of benzene rings is 1. The first kappa shape index (κ1) is 19.9. The van der Waals surface area contributed by atoms with Crippen molar-refractivity contribution < 1.29 is 17.9 Å². The largest absolute Gasteiger partial charge is 0.416 e. The maximum Gasteiger partial charge on any atom is 0.416 e. The van der Waals surface area contributed by atoms with Crippen LogP contribution in [-0.2, 0) is 17.5 Å². The third-order valence-electron chi connectivity index (χ3n) is 5.57. The lowest BCUT2D eigenvalue weighted by molar-refractivity contribution is -0.137. The Bertz CT molecular complexity index is 1260. The van der Waals surface area contributed by atoms with Crippen LogP contribution in [0.2, 0.25) is 0 Å². The van der Waals surface area contributed by atoms with Gasteiger partial charge in [-0.15, -0.1) is 10.2 Å². The molecular weight excluding hydrogens is 411 g/mol. The Labute approximate surface area is 175 Å². The maximum atomic E-state index is 13.4. The van der Waals surface area contributed by atoms with Crippen LogP contribution in [0.25, 0.3) is 21.9 Å². The number of aryl methyl sites for hydroxylation is 1. The standard InChI is InChI=1S/C20H20F3N7O/c1-11-7-14(5-6-31-11)30-18(10-29-27-12(2)26-28-29)25-17-9-24-16-4-3-13(20(21,22)23)8-15(16)19(17)30/h3-4,8-9,11,14H,5-7,10H2,1-2H3/t11-,14-/m1/s1. The number of rotatable bonds is 3. The van der Waals surface area contributed by atoms with Gasteiger partial charge in [0.05, 0.1) is 28.9 Å². The van der Waals surface area contributed by atoms with Gasteiger partial charge in [0.2, 0.25) is 0 Å². The molecule has 5 rings (SSSR count). The number of ether oxygens (including phenoxy) is 1. The summed E-state index contributed by atoms with van der Waals surface area (Å²) in [6.45, 7) is 4.56. The number of fused-ring (bicyclic) bond motifs is 3. The van der Waals surface area contributed by atoms with Crippen molar-refractivity contribution in [1.29, 1.82) is 0 Å². The predicted octanol–water partition coefficient (Wildman–Crippen LogP) is 3.69. The summed E-state index contributed by atoms with van der Waals surface area (Å²) in [6, 6.07) is 3.64. The number of tetrazole rings is 1. The van der Waals surface area contributed by atoms with Crippen molar-refractivity contribution in [2.75, 3.05) is 6.61 Å². The SMILES string of the molecule is Cc1nnn(Cc2nc3cnc4ccc(C(F)(F)F)cc4c3n2[C@@H]2CCO[C@H](C)C2)n1. The highest BCUT2D eigenvalue weighted by atomic mass is 19.4. The first-order valence-corrected chi connectivity index (χ1v) is 10.0. The summed E-state index contributed by atoms with van der Waals surface area (Å²) in [4.78, 5) is 10.5. The number of alkyl halides is 3. The maximum absolute atomic E-state index is 13.4. The van der Waals surface area contributed by atoms with Crippen LogP contribution in [0.3, 0.4) is 0 Å². The average molecular weight is 431 g/mol. The van der Waals surface area contributed by atoms with Crippen LogP contribution < -0.4 is 0 Å². The van der Waals surface area contributed by atoms with E-state index in [-0.39, 0.29) is 18.7 Å². The average Bonchev–Trinajstić information content (AvgIpc) is 3.30. The molecule has 1 aromatic carbocycles. The summed E-state index contributed by atoms with van der Waals surface area (Å²) in [5.74, 6) is 1.18. The van der Waals surface area contributed by atoms with Crippen LogP contribution in [0.15, 0.2) is 24.4 Å². The van der Waals surface area contributed by atoms with Crippen LogP contribution in [0, 0.1) is 6.92 Å². The number of aromatic nitrogens is 7. The molecule has 31 heavy (non-hydrogen) atoms. The van der Waals surface area contributed by atoms with Gasteiger partial charge in [0.1, 0.15) is 17.9 Å². The molecule has 0 bridgehead atoms. The van der Waals surface area contributed by atoms with Gasteiger partial charge in [-0.1, -0.05) is 0 Å². The molecule has 1 saturated heterocycles. The highest BCUT2D eigenvalue weighted by Gasteiger charge is 2.32. The van der Waals surface area contributed by atoms with E-state index >= 15 is 0 Å². The zero-order valence-corrected chi connectivity index (χ0v) is 17.0. The third kappa shape index (κ3) is 3.62. The number of imidazole rings is 1. The minimum absolute atomic E-state index is 0.0218. The molecule has 0 aliphatic carbocycles. The number of hydrogen-bond acceptors (Lipinski definition) is 6. The third-order valence-corrected chi connectivity index (χ3v) is 5.57. The lowest BCUT2D eigenvalue weighted by Crippen LogP contribution is -2.27. The van der Waals surface area contributed by atoms with Gasteiger partial charge in [-0.3, -0.25) is 4.98 Å². The van der Waals surface area contributed by atoms with Gasteiger partial charge in [-0.05, 0) is 50.1 Å². The molecule has 1 aliphatic heterocycles. The first-order chi connectivity index (χ1) is 14.8. The van der Waals surface area contributed by atoms with Crippen LogP contribution >= 0.6 is 0 Å². The van der Waals surface area contributed by atoms with Crippen molar-refractivity contribution in [2.45, 2.75) is 51.6 Å². The molecule has 0 radical (unpaired) electrons. The molecule has 0 saturated carbocycles. The smallest absolute Gasteiger partial charge is 0.378 e. The lowest BCUT2D eigenvalue weighted by Gasteiger charge is -2.30. The van der Waals surface area contributed by atoms with Gasteiger partial charge in [0.25, 0.3) is 0 Å². The van der Waals surface area contributed by atoms with Crippen molar-refractivity contribution in [3.8, 4) is 0 Å². The topological polar surface area (TPSA) is 83.5 Å². The zero-order chi connectivity index (χ0) is 21.8. The monoisotopic (exact) mass is 431 g/mol.